The molecule has 1 aliphatic rings. The maximum Gasteiger partial charge on any atom is 0.251 e. The molecule has 1 aliphatic heterocycles. The van der Waals surface area contributed by atoms with Gasteiger partial charge in [0.05, 0.1) is 11.9 Å². The van der Waals surface area contributed by atoms with E-state index in [-0.39, 0.29) is 11.7 Å². The average Bonchev–Trinajstić information content (AvgIpc) is 3.48. The molecule has 8 heteroatoms. The summed E-state index contributed by atoms with van der Waals surface area (Å²) in [6, 6.07) is 16.6. The van der Waals surface area contributed by atoms with Crippen LogP contribution in [0.2, 0.25) is 0 Å². The minimum absolute atomic E-state index is 0.0486. The third kappa shape index (κ3) is 5.09. The SMILES string of the molecule is Cc1cnn2c(NCc3ccc(C(=O)NCCC4CCCN4C)cc3)cc(-c3ccccc3F)nc12. The van der Waals surface area contributed by atoms with Gasteiger partial charge in [-0.3, -0.25) is 4.79 Å². The number of rotatable bonds is 8. The Morgan fingerprint density at radius 3 is 2.72 bits per heavy atom. The Morgan fingerprint density at radius 1 is 1.17 bits per heavy atom. The second-order valence-electron chi connectivity index (χ2n) is 9.44. The first-order valence-electron chi connectivity index (χ1n) is 12.4. The van der Waals surface area contributed by atoms with Crippen molar-refractivity contribution < 1.29 is 9.18 Å². The van der Waals surface area contributed by atoms with Crippen molar-refractivity contribution in [2.24, 2.45) is 0 Å². The summed E-state index contributed by atoms with van der Waals surface area (Å²) < 4.78 is 16.2. The van der Waals surface area contributed by atoms with Gasteiger partial charge >= 0.3 is 0 Å². The van der Waals surface area contributed by atoms with E-state index in [1.165, 1.54) is 18.9 Å². The number of nitrogens with zero attached hydrogens (tertiary/aromatic N) is 4. The van der Waals surface area contributed by atoms with Crippen LogP contribution in [0.25, 0.3) is 16.9 Å². The number of anilines is 1. The molecule has 1 unspecified atom stereocenters. The van der Waals surface area contributed by atoms with Gasteiger partial charge in [0.15, 0.2) is 5.65 Å². The van der Waals surface area contributed by atoms with Gasteiger partial charge in [0.1, 0.15) is 11.6 Å². The minimum Gasteiger partial charge on any atom is -0.366 e. The topological polar surface area (TPSA) is 74.6 Å². The molecule has 1 fully saturated rings. The van der Waals surface area contributed by atoms with Crippen LogP contribution >= 0.6 is 0 Å². The van der Waals surface area contributed by atoms with Gasteiger partial charge in [-0.15, -0.1) is 0 Å². The summed E-state index contributed by atoms with van der Waals surface area (Å²) in [4.78, 5) is 19.6. The average molecular weight is 487 g/mol. The molecule has 1 saturated heterocycles. The number of carbonyl (C=O) groups excluding carboxylic acids is 1. The van der Waals surface area contributed by atoms with Gasteiger partial charge in [-0.1, -0.05) is 24.3 Å². The number of aromatic nitrogens is 3. The van der Waals surface area contributed by atoms with Gasteiger partial charge in [-0.25, -0.2) is 9.37 Å². The van der Waals surface area contributed by atoms with E-state index in [0.29, 0.717) is 47.4 Å². The number of amides is 1. The van der Waals surface area contributed by atoms with Crippen LogP contribution in [0.15, 0.2) is 60.8 Å². The molecular weight excluding hydrogens is 455 g/mol. The molecule has 186 valence electrons. The van der Waals surface area contributed by atoms with Crippen molar-refractivity contribution in [2.45, 2.75) is 38.8 Å². The molecule has 7 nitrogen and oxygen atoms in total. The number of aryl methyl sites for hydroxylation is 1. The molecule has 0 saturated carbocycles. The molecule has 5 rings (SSSR count). The molecule has 36 heavy (non-hydrogen) atoms. The van der Waals surface area contributed by atoms with Crippen LogP contribution in [0.3, 0.4) is 0 Å². The number of fused-ring (bicyclic) bond motifs is 1. The standard InChI is InChI=1S/C28H31FN6O/c1-19-17-32-35-26(16-25(33-27(19)35)23-7-3-4-8-24(23)29)31-18-20-9-11-21(12-10-20)28(36)30-14-13-22-6-5-15-34(22)2/h3-4,7-12,16-17,22,31H,5-6,13-15,18H2,1-2H3,(H,30,36). The van der Waals surface area contributed by atoms with Crippen molar-refractivity contribution in [1.29, 1.82) is 0 Å². The van der Waals surface area contributed by atoms with E-state index in [1.807, 2.05) is 31.2 Å². The molecule has 1 atom stereocenters. The highest BCUT2D eigenvalue weighted by molar-refractivity contribution is 5.94. The second kappa shape index (κ2) is 10.5. The molecule has 0 aliphatic carbocycles. The Morgan fingerprint density at radius 2 is 1.97 bits per heavy atom. The van der Waals surface area contributed by atoms with Gasteiger partial charge in [0.25, 0.3) is 5.91 Å². The maximum absolute atomic E-state index is 14.4. The highest BCUT2D eigenvalue weighted by Crippen LogP contribution is 2.26. The number of halogens is 1. The van der Waals surface area contributed by atoms with E-state index in [9.17, 15) is 9.18 Å². The zero-order chi connectivity index (χ0) is 25.1. The fraction of sp³-hybridized carbons (Fsp3) is 0.321. The summed E-state index contributed by atoms with van der Waals surface area (Å²) in [7, 11) is 2.15. The minimum atomic E-state index is -0.318. The largest absolute Gasteiger partial charge is 0.366 e. The summed E-state index contributed by atoms with van der Waals surface area (Å²) in [6.45, 7) is 4.27. The number of likely N-dealkylation sites (tertiary alicyclic amines) is 1. The highest BCUT2D eigenvalue weighted by atomic mass is 19.1. The number of hydrogen-bond acceptors (Lipinski definition) is 5. The Balaban J connectivity index is 1.25. The molecule has 4 aromatic rings. The third-order valence-electron chi connectivity index (χ3n) is 6.92. The van der Waals surface area contributed by atoms with Crippen molar-refractivity contribution in [3.8, 4) is 11.3 Å². The van der Waals surface area contributed by atoms with Gasteiger partial charge < -0.3 is 15.5 Å². The lowest BCUT2D eigenvalue weighted by Gasteiger charge is -2.19. The molecule has 0 bridgehead atoms. The first-order valence-corrected chi connectivity index (χ1v) is 12.4. The Bertz CT molecular complexity index is 1370. The quantitative estimate of drug-likeness (QED) is 0.379. The van der Waals surface area contributed by atoms with Crippen molar-refractivity contribution in [2.75, 3.05) is 25.5 Å². The molecule has 2 N–H and O–H groups in total. The summed E-state index contributed by atoms with van der Waals surface area (Å²) in [5.74, 6) is 0.346. The Labute approximate surface area is 210 Å². The predicted molar refractivity (Wildman–Crippen MR) is 139 cm³/mol. The summed E-state index contributed by atoms with van der Waals surface area (Å²) >= 11 is 0. The van der Waals surface area contributed by atoms with Crippen molar-refractivity contribution in [3.63, 3.8) is 0 Å². The van der Waals surface area contributed by atoms with Gasteiger partial charge in [0, 0.05) is 41.9 Å². The van der Waals surface area contributed by atoms with Crippen molar-refractivity contribution in [3.05, 3.63) is 83.3 Å². The molecule has 0 spiro atoms. The fourth-order valence-electron chi connectivity index (χ4n) is 4.77. The molecule has 1 amide bonds. The molecule has 3 heterocycles. The van der Waals surface area contributed by atoms with Crippen LogP contribution in [-0.2, 0) is 6.54 Å². The van der Waals surface area contributed by atoms with Crippen LogP contribution in [0.5, 0.6) is 0 Å². The van der Waals surface area contributed by atoms with Crippen LogP contribution < -0.4 is 10.6 Å². The smallest absolute Gasteiger partial charge is 0.251 e. The number of nitrogens with one attached hydrogen (secondary N) is 2. The van der Waals surface area contributed by atoms with Crippen LogP contribution in [0.4, 0.5) is 10.2 Å². The molecule has 2 aromatic carbocycles. The normalized spacial score (nSPS) is 15.9. The summed E-state index contributed by atoms with van der Waals surface area (Å²) in [6.07, 6.45) is 5.17. The van der Waals surface area contributed by atoms with Crippen molar-refractivity contribution in [1.82, 2.24) is 24.8 Å². The van der Waals surface area contributed by atoms with E-state index >= 15 is 0 Å². The zero-order valence-corrected chi connectivity index (χ0v) is 20.7. The fourth-order valence-corrected chi connectivity index (χ4v) is 4.77. The van der Waals surface area contributed by atoms with Gasteiger partial charge in [-0.05, 0) is 69.6 Å². The number of carbonyl (C=O) groups is 1. The third-order valence-corrected chi connectivity index (χ3v) is 6.92. The van der Waals surface area contributed by atoms with Crippen LogP contribution in [-0.4, -0.2) is 51.6 Å². The monoisotopic (exact) mass is 486 g/mol. The summed E-state index contributed by atoms with van der Waals surface area (Å²) in [5, 5.41) is 10.9. The zero-order valence-electron chi connectivity index (χ0n) is 20.7. The second-order valence-corrected chi connectivity index (χ2v) is 9.44. The molecule has 0 radical (unpaired) electrons. The van der Waals surface area contributed by atoms with E-state index in [4.69, 9.17) is 0 Å². The number of benzene rings is 2. The first-order chi connectivity index (χ1) is 17.5. The maximum atomic E-state index is 14.4. The van der Waals surface area contributed by atoms with Gasteiger partial charge in [0.2, 0.25) is 0 Å². The van der Waals surface area contributed by atoms with Crippen LogP contribution in [0, 0.1) is 12.7 Å². The molecular formula is C28H31FN6O. The van der Waals surface area contributed by atoms with Gasteiger partial charge in [-0.2, -0.15) is 9.61 Å². The number of hydrogen-bond donors (Lipinski definition) is 2. The highest BCUT2D eigenvalue weighted by Gasteiger charge is 2.20. The van der Waals surface area contributed by atoms with E-state index in [1.54, 1.807) is 35.0 Å². The lowest BCUT2D eigenvalue weighted by atomic mass is 10.1. The Kier molecular flexibility index (Phi) is 6.95. The van der Waals surface area contributed by atoms with E-state index < -0.39 is 0 Å². The first kappa shape index (κ1) is 23.9. The Hall–Kier alpha value is -3.78. The lowest BCUT2D eigenvalue weighted by molar-refractivity contribution is 0.0950. The van der Waals surface area contributed by atoms with E-state index in [0.717, 1.165) is 24.1 Å². The molecule has 2 aromatic heterocycles. The predicted octanol–water partition coefficient (Wildman–Crippen LogP) is 4.67. The van der Waals surface area contributed by atoms with E-state index in [2.05, 4.69) is 32.7 Å². The van der Waals surface area contributed by atoms with Crippen LogP contribution in [0.1, 0.15) is 40.7 Å². The lowest BCUT2D eigenvalue weighted by Crippen LogP contribution is -2.31. The van der Waals surface area contributed by atoms with Crippen molar-refractivity contribution >= 4 is 17.4 Å². The summed E-state index contributed by atoms with van der Waals surface area (Å²) in [5.41, 5.74) is 4.23.